The molecule has 0 unspecified atom stereocenters. The zero-order chi connectivity index (χ0) is 15.1. The Balaban J connectivity index is 3.20. The van der Waals surface area contributed by atoms with Crippen LogP contribution in [0, 0.1) is 0 Å². The van der Waals surface area contributed by atoms with Gasteiger partial charge in [-0.2, -0.15) is 13.2 Å². The van der Waals surface area contributed by atoms with Crippen molar-refractivity contribution >= 4 is 20.1 Å². The largest absolute Gasteiger partial charge is 0.419 e. The summed E-state index contributed by atoms with van der Waals surface area (Å²) >= 11 is 0. The third kappa shape index (κ3) is 4.27. The van der Waals surface area contributed by atoms with Crippen LogP contribution in [0.15, 0.2) is 12.4 Å². The maximum atomic E-state index is 12.5. The van der Waals surface area contributed by atoms with Gasteiger partial charge in [0.2, 0.25) is 0 Å². The van der Waals surface area contributed by atoms with Crippen molar-refractivity contribution in [2.24, 2.45) is 0 Å². The Morgan fingerprint density at radius 1 is 0.895 bits per heavy atom. The summed E-state index contributed by atoms with van der Waals surface area (Å²) in [6.07, 6.45) is 10.3. The number of hydrogen-bond acceptors (Lipinski definition) is 2. The second-order valence-electron chi connectivity index (χ2n) is 6.02. The lowest BCUT2D eigenvalue weighted by Crippen LogP contribution is -2.18. The first-order chi connectivity index (χ1) is 8.33. The van der Waals surface area contributed by atoms with E-state index in [1.165, 1.54) is 0 Å². The molecule has 0 atom stereocenters. The molecule has 7 heteroatoms. The van der Waals surface area contributed by atoms with Gasteiger partial charge in [0.1, 0.15) is 5.82 Å². The van der Waals surface area contributed by atoms with Gasteiger partial charge in [-0.3, -0.25) is 0 Å². The molecule has 0 aliphatic heterocycles. The number of aromatic nitrogens is 2. The van der Waals surface area contributed by atoms with Crippen molar-refractivity contribution in [1.82, 2.24) is 9.97 Å². The molecule has 0 radical (unpaired) electrons. The minimum absolute atomic E-state index is 0.141. The highest BCUT2D eigenvalue weighted by Crippen LogP contribution is 2.67. The number of rotatable bonds is 3. The van der Waals surface area contributed by atoms with E-state index in [2.05, 4.69) is 47.5 Å². The van der Waals surface area contributed by atoms with Crippen LogP contribution >= 0.6 is 20.1 Å². The Morgan fingerprint density at radius 3 is 1.53 bits per heavy atom. The lowest BCUT2D eigenvalue weighted by Gasteiger charge is -2.46. The average Bonchev–Trinajstić information content (AvgIpc) is 2.12. The van der Waals surface area contributed by atoms with Gasteiger partial charge in [0.05, 0.1) is 10.1 Å². The molecule has 0 fully saturated rings. The fraction of sp³-hybridized carbons (Fsp3) is 0.667. The highest BCUT2D eigenvalue weighted by Gasteiger charge is 2.35. The third-order valence-electron chi connectivity index (χ3n) is 2.49. The van der Waals surface area contributed by atoms with Gasteiger partial charge in [-0.1, -0.05) is 0 Å². The van der Waals surface area contributed by atoms with Crippen LogP contribution in [0.3, 0.4) is 0 Å². The Morgan fingerprint density at radius 2 is 1.26 bits per heavy atom. The Kier molecular flexibility index (Phi) is 4.52. The van der Waals surface area contributed by atoms with E-state index < -0.39 is 31.8 Å². The van der Waals surface area contributed by atoms with E-state index in [1.807, 2.05) is 0 Å². The first-order valence-corrected chi connectivity index (χ1v) is 11.4. The molecule has 1 rings (SSSR count). The monoisotopic (exact) mass is 314 g/mol. The molecule has 0 spiro atoms. The van der Waals surface area contributed by atoms with Crippen LogP contribution < -0.4 is 0 Å². The van der Waals surface area contributed by atoms with Crippen molar-refractivity contribution in [2.45, 2.75) is 10.8 Å². The van der Waals surface area contributed by atoms with Crippen molar-refractivity contribution in [3.63, 3.8) is 0 Å². The van der Waals surface area contributed by atoms with Crippen LogP contribution in [-0.4, -0.2) is 47.5 Å². The van der Waals surface area contributed by atoms with Gasteiger partial charge in [-0.05, 0) is 37.5 Å². The normalized spacial score (nSPS) is 15.7. The van der Waals surface area contributed by atoms with E-state index in [-0.39, 0.29) is 4.58 Å². The molecule has 19 heavy (non-hydrogen) atoms. The molecule has 0 aromatic carbocycles. The summed E-state index contributed by atoms with van der Waals surface area (Å²) in [5.41, 5.74) is -0.789. The number of nitrogens with zero attached hydrogens (tertiary/aromatic N) is 2. The van der Waals surface area contributed by atoms with E-state index in [4.69, 9.17) is 0 Å². The highest BCUT2D eigenvalue weighted by molar-refractivity contribution is 8.47. The number of halogens is 3. The van der Waals surface area contributed by atoms with Crippen LogP contribution in [0.2, 0.25) is 0 Å². The van der Waals surface area contributed by atoms with Gasteiger partial charge >= 0.3 is 6.18 Å². The third-order valence-corrected chi connectivity index (χ3v) is 8.95. The van der Waals surface area contributed by atoms with E-state index in [0.717, 1.165) is 12.4 Å². The summed E-state index contributed by atoms with van der Waals surface area (Å²) in [5, 5.41) is 0. The van der Waals surface area contributed by atoms with E-state index >= 15 is 0 Å². The van der Waals surface area contributed by atoms with Crippen molar-refractivity contribution < 1.29 is 13.2 Å². The molecule has 0 amide bonds. The summed E-state index contributed by atoms with van der Waals surface area (Å²) in [6.45, 7) is 0. The first-order valence-electron chi connectivity index (χ1n) is 5.57. The number of alkyl halides is 3. The molecule has 0 saturated heterocycles. The zero-order valence-corrected chi connectivity index (χ0v) is 13.7. The predicted molar refractivity (Wildman–Crippen MR) is 80.5 cm³/mol. The fourth-order valence-electron chi connectivity index (χ4n) is 2.10. The topological polar surface area (TPSA) is 25.8 Å². The zero-order valence-electron chi connectivity index (χ0n) is 12.1. The molecule has 0 aliphatic rings. The van der Waals surface area contributed by atoms with Crippen LogP contribution in [-0.2, 0) is 6.18 Å². The molecule has 1 aromatic rings. The Labute approximate surface area is 115 Å². The molecular weight excluding hydrogens is 293 g/mol. The molecule has 2 nitrogen and oxygen atoms in total. The summed E-state index contributed by atoms with van der Waals surface area (Å²) in [4.78, 5) is 7.98. The summed E-state index contributed by atoms with van der Waals surface area (Å²) in [7, 11) is -1.99. The number of hydrogen-bond donors (Lipinski definition) is 0. The molecule has 112 valence electrons. The van der Waals surface area contributed by atoms with Crippen LogP contribution in [0.25, 0.3) is 0 Å². The average molecular weight is 314 g/mol. The predicted octanol–water partition coefficient (Wildman–Crippen LogP) is 3.88. The molecule has 0 saturated carbocycles. The van der Waals surface area contributed by atoms with Gasteiger partial charge in [0.15, 0.2) is 0 Å². The van der Waals surface area contributed by atoms with E-state index in [1.54, 1.807) is 0 Å². The summed E-state index contributed by atoms with van der Waals surface area (Å²) in [6, 6.07) is 0. The summed E-state index contributed by atoms with van der Waals surface area (Å²) in [5.74, 6) is 0.540. The lowest BCUT2D eigenvalue weighted by molar-refractivity contribution is -0.138. The standard InChI is InChI=1S/C12H21F3N2S2/c1-18(2,3)11(19(4,5)6)10-16-7-9(8-17-10)12(13,14)15/h7-8,11H,1-6H3. The Hall–Kier alpha value is -0.430. The first kappa shape index (κ1) is 16.6. The second kappa shape index (κ2) is 5.16. The molecule has 1 heterocycles. The van der Waals surface area contributed by atoms with Crippen molar-refractivity contribution in [2.75, 3.05) is 37.5 Å². The molecule has 0 aliphatic carbocycles. The van der Waals surface area contributed by atoms with Crippen molar-refractivity contribution in [3.05, 3.63) is 23.8 Å². The van der Waals surface area contributed by atoms with Gasteiger partial charge in [0.25, 0.3) is 0 Å². The second-order valence-corrected chi connectivity index (χ2v) is 15.0. The van der Waals surface area contributed by atoms with Gasteiger partial charge in [-0.25, -0.2) is 30.0 Å². The van der Waals surface area contributed by atoms with E-state index in [0.29, 0.717) is 5.82 Å². The van der Waals surface area contributed by atoms with Crippen LogP contribution in [0.4, 0.5) is 13.2 Å². The highest BCUT2D eigenvalue weighted by atomic mass is 32.3. The quantitative estimate of drug-likeness (QED) is 0.846. The SMILES string of the molecule is CS(C)(C)C(c1ncc(C(F)(F)F)cn1)S(C)(C)C. The van der Waals surface area contributed by atoms with Gasteiger partial charge in [-0.15, -0.1) is 0 Å². The fourth-order valence-corrected chi connectivity index (χ4v) is 10.5. The van der Waals surface area contributed by atoms with Gasteiger partial charge in [0, 0.05) is 12.4 Å². The lowest BCUT2D eigenvalue weighted by atomic mass is 10.3. The summed E-state index contributed by atoms with van der Waals surface area (Å²) < 4.78 is 37.7. The molecule has 0 N–H and O–H groups in total. The maximum absolute atomic E-state index is 12.5. The molecular formula is C12H21F3N2S2. The van der Waals surface area contributed by atoms with Crippen molar-refractivity contribution in [3.8, 4) is 0 Å². The molecule has 0 bridgehead atoms. The van der Waals surface area contributed by atoms with Gasteiger partial charge < -0.3 is 0 Å². The minimum Gasteiger partial charge on any atom is -0.239 e. The van der Waals surface area contributed by atoms with E-state index in [9.17, 15) is 13.2 Å². The molecule has 1 aromatic heterocycles. The van der Waals surface area contributed by atoms with Crippen LogP contribution in [0.5, 0.6) is 0 Å². The maximum Gasteiger partial charge on any atom is 0.419 e. The van der Waals surface area contributed by atoms with Crippen molar-refractivity contribution in [1.29, 1.82) is 0 Å². The smallest absolute Gasteiger partial charge is 0.239 e. The Bertz CT molecular complexity index is 416. The van der Waals surface area contributed by atoms with Crippen LogP contribution in [0.1, 0.15) is 16.0 Å². The minimum atomic E-state index is -4.38.